The van der Waals surface area contributed by atoms with Gasteiger partial charge >= 0.3 is 5.69 Å². The van der Waals surface area contributed by atoms with Gasteiger partial charge in [0.2, 0.25) is 0 Å². The largest absolute Gasteiger partial charge is 0.380 e. The van der Waals surface area contributed by atoms with E-state index in [2.05, 4.69) is 28.3 Å². The zero-order chi connectivity index (χ0) is 14.8. The smallest absolute Gasteiger partial charge is 0.323 e. The minimum atomic E-state index is -0.158. The molecular formula is C16H23N3O2. The van der Waals surface area contributed by atoms with Crippen LogP contribution in [0.3, 0.4) is 0 Å². The van der Waals surface area contributed by atoms with Crippen LogP contribution in [-0.4, -0.2) is 29.2 Å². The molecule has 114 valence electrons. The molecule has 5 heteroatoms. The molecule has 0 amide bonds. The third-order valence-corrected chi connectivity index (χ3v) is 4.51. The standard InChI is InChI=1S/C16H23N3O2/c1-10(17-13-5-3-4-6-15(13)21-2)11-7-8-12-14(9-11)19-16(20)18-12/h7-10,13,15,17H,3-6H2,1-2H3,(H2,18,19,20). The average molecular weight is 289 g/mol. The molecule has 0 saturated heterocycles. The first-order valence-corrected chi connectivity index (χ1v) is 7.68. The van der Waals surface area contributed by atoms with E-state index in [1.54, 1.807) is 7.11 Å². The number of imidazole rings is 1. The van der Waals surface area contributed by atoms with Crippen molar-refractivity contribution >= 4 is 11.0 Å². The van der Waals surface area contributed by atoms with Crippen molar-refractivity contribution in [3.05, 3.63) is 34.2 Å². The van der Waals surface area contributed by atoms with Gasteiger partial charge < -0.3 is 20.0 Å². The van der Waals surface area contributed by atoms with Crippen LogP contribution in [0.15, 0.2) is 23.0 Å². The highest BCUT2D eigenvalue weighted by molar-refractivity contribution is 5.75. The summed E-state index contributed by atoms with van der Waals surface area (Å²) < 4.78 is 5.60. The first-order chi connectivity index (χ1) is 10.2. The highest BCUT2D eigenvalue weighted by Crippen LogP contribution is 2.24. The molecule has 3 rings (SSSR count). The number of ether oxygens (including phenoxy) is 1. The number of aromatic amines is 2. The molecule has 0 radical (unpaired) electrons. The molecule has 5 nitrogen and oxygen atoms in total. The van der Waals surface area contributed by atoms with E-state index >= 15 is 0 Å². The summed E-state index contributed by atoms with van der Waals surface area (Å²) in [7, 11) is 1.80. The quantitative estimate of drug-likeness (QED) is 0.810. The summed E-state index contributed by atoms with van der Waals surface area (Å²) in [6.07, 6.45) is 5.10. The van der Waals surface area contributed by atoms with Crippen molar-refractivity contribution in [3.8, 4) is 0 Å². The third-order valence-electron chi connectivity index (χ3n) is 4.51. The normalized spacial score (nSPS) is 24.3. The fourth-order valence-corrected chi connectivity index (χ4v) is 3.31. The molecule has 0 aliphatic heterocycles. The van der Waals surface area contributed by atoms with Crippen LogP contribution in [0.4, 0.5) is 0 Å². The molecular weight excluding hydrogens is 266 g/mol. The number of hydrogen-bond donors (Lipinski definition) is 3. The van der Waals surface area contributed by atoms with Crippen LogP contribution in [0, 0.1) is 0 Å². The molecule has 1 heterocycles. The molecule has 21 heavy (non-hydrogen) atoms. The topological polar surface area (TPSA) is 69.9 Å². The van der Waals surface area contributed by atoms with Crippen LogP contribution >= 0.6 is 0 Å². The highest BCUT2D eigenvalue weighted by atomic mass is 16.5. The van der Waals surface area contributed by atoms with Crippen molar-refractivity contribution in [2.45, 2.75) is 50.8 Å². The van der Waals surface area contributed by atoms with E-state index in [1.807, 2.05) is 12.1 Å². The molecule has 0 spiro atoms. The summed E-state index contributed by atoms with van der Waals surface area (Å²) in [6, 6.07) is 6.69. The molecule has 2 aromatic rings. The van der Waals surface area contributed by atoms with E-state index in [0.29, 0.717) is 12.1 Å². The van der Waals surface area contributed by atoms with Gasteiger partial charge in [-0.1, -0.05) is 18.9 Å². The molecule has 1 saturated carbocycles. The second kappa shape index (κ2) is 6.03. The predicted molar refractivity (Wildman–Crippen MR) is 83.5 cm³/mol. The van der Waals surface area contributed by atoms with Crippen LogP contribution in [-0.2, 0) is 4.74 Å². The van der Waals surface area contributed by atoms with E-state index < -0.39 is 0 Å². The Kier molecular flexibility index (Phi) is 4.12. The Hall–Kier alpha value is -1.59. The molecule has 1 aliphatic rings. The molecule has 1 fully saturated rings. The predicted octanol–water partition coefficient (Wildman–Crippen LogP) is 2.46. The van der Waals surface area contributed by atoms with Crippen LogP contribution in [0.1, 0.15) is 44.2 Å². The summed E-state index contributed by atoms with van der Waals surface area (Å²) in [5.74, 6) is 0. The molecule has 3 atom stereocenters. The summed E-state index contributed by atoms with van der Waals surface area (Å²) in [6.45, 7) is 2.16. The maximum atomic E-state index is 11.3. The molecule has 3 N–H and O–H groups in total. The molecule has 1 aromatic carbocycles. The van der Waals surface area contributed by atoms with Gasteiger partial charge in [0.1, 0.15) is 0 Å². The number of fused-ring (bicyclic) bond motifs is 1. The molecule has 1 aliphatic carbocycles. The van der Waals surface area contributed by atoms with Crippen molar-refractivity contribution in [1.82, 2.24) is 15.3 Å². The van der Waals surface area contributed by atoms with Gasteiger partial charge in [0, 0.05) is 19.2 Å². The van der Waals surface area contributed by atoms with Gasteiger partial charge in [0.25, 0.3) is 0 Å². The lowest BCUT2D eigenvalue weighted by molar-refractivity contribution is 0.0384. The summed E-state index contributed by atoms with van der Waals surface area (Å²) in [5, 5.41) is 3.68. The third kappa shape index (κ3) is 3.04. The lowest BCUT2D eigenvalue weighted by atomic mass is 9.91. The van der Waals surface area contributed by atoms with Crippen LogP contribution in [0.2, 0.25) is 0 Å². The van der Waals surface area contributed by atoms with E-state index in [9.17, 15) is 4.79 Å². The number of rotatable bonds is 4. The lowest BCUT2D eigenvalue weighted by Crippen LogP contribution is -2.44. The van der Waals surface area contributed by atoms with Crippen LogP contribution < -0.4 is 11.0 Å². The number of benzene rings is 1. The maximum Gasteiger partial charge on any atom is 0.323 e. The van der Waals surface area contributed by atoms with Crippen molar-refractivity contribution < 1.29 is 4.74 Å². The Morgan fingerprint density at radius 3 is 2.81 bits per heavy atom. The van der Waals surface area contributed by atoms with E-state index in [1.165, 1.54) is 18.4 Å². The average Bonchev–Trinajstić information content (AvgIpc) is 2.86. The Morgan fingerprint density at radius 1 is 1.24 bits per heavy atom. The number of H-pyrrole nitrogens is 2. The summed E-state index contributed by atoms with van der Waals surface area (Å²) in [5.41, 5.74) is 2.73. The summed E-state index contributed by atoms with van der Waals surface area (Å²) in [4.78, 5) is 16.9. The molecule has 3 unspecified atom stereocenters. The Bertz CT molecular complexity index is 661. The van der Waals surface area contributed by atoms with Crippen molar-refractivity contribution in [2.75, 3.05) is 7.11 Å². The monoisotopic (exact) mass is 289 g/mol. The van der Waals surface area contributed by atoms with E-state index in [4.69, 9.17) is 4.74 Å². The van der Waals surface area contributed by atoms with Gasteiger partial charge in [-0.15, -0.1) is 0 Å². The van der Waals surface area contributed by atoms with Crippen molar-refractivity contribution in [3.63, 3.8) is 0 Å². The Balaban J connectivity index is 1.76. The van der Waals surface area contributed by atoms with Crippen LogP contribution in [0.5, 0.6) is 0 Å². The van der Waals surface area contributed by atoms with Gasteiger partial charge in [-0.05, 0) is 37.5 Å². The van der Waals surface area contributed by atoms with Gasteiger partial charge in [-0.3, -0.25) is 0 Å². The maximum absolute atomic E-state index is 11.3. The van der Waals surface area contributed by atoms with E-state index in [0.717, 1.165) is 23.9 Å². The molecule has 0 bridgehead atoms. The molecule has 1 aromatic heterocycles. The zero-order valence-electron chi connectivity index (χ0n) is 12.6. The number of methoxy groups -OCH3 is 1. The highest BCUT2D eigenvalue weighted by Gasteiger charge is 2.26. The van der Waals surface area contributed by atoms with Crippen molar-refractivity contribution in [2.24, 2.45) is 0 Å². The second-order valence-electron chi connectivity index (χ2n) is 5.94. The first kappa shape index (κ1) is 14.4. The van der Waals surface area contributed by atoms with Crippen molar-refractivity contribution in [1.29, 1.82) is 0 Å². The van der Waals surface area contributed by atoms with Gasteiger partial charge in [-0.25, -0.2) is 4.79 Å². The minimum absolute atomic E-state index is 0.158. The zero-order valence-corrected chi connectivity index (χ0v) is 12.6. The fourth-order valence-electron chi connectivity index (χ4n) is 3.31. The van der Waals surface area contributed by atoms with Crippen LogP contribution in [0.25, 0.3) is 11.0 Å². The minimum Gasteiger partial charge on any atom is -0.380 e. The van der Waals surface area contributed by atoms with E-state index in [-0.39, 0.29) is 11.7 Å². The van der Waals surface area contributed by atoms with Gasteiger partial charge in [-0.2, -0.15) is 0 Å². The SMILES string of the molecule is COC1CCCCC1NC(C)c1ccc2[nH]c(=O)[nH]c2c1. The summed E-state index contributed by atoms with van der Waals surface area (Å²) >= 11 is 0. The number of aromatic nitrogens is 2. The lowest BCUT2D eigenvalue weighted by Gasteiger charge is -2.33. The van der Waals surface area contributed by atoms with Gasteiger partial charge in [0.15, 0.2) is 0 Å². The first-order valence-electron chi connectivity index (χ1n) is 7.68. The second-order valence-corrected chi connectivity index (χ2v) is 5.94. The Morgan fingerprint density at radius 2 is 2.00 bits per heavy atom. The fraction of sp³-hybridized carbons (Fsp3) is 0.562. The number of hydrogen-bond acceptors (Lipinski definition) is 3. The van der Waals surface area contributed by atoms with Gasteiger partial charge in [0.05, 0.1) is 17.1 Å². The number of nitrogens with one attached hydrogen (secondary N) is 3. The Labute approximate surface area is 124 Å².